The predicted molar refractivity (Wildman–Crippen MR) is 142 cm³/mol. The van der Waals surface area contributed by atoms with Gasteiger partial charge in [0, 0.05) is 37.4 Å². The molecule has 0 atom stereocenters. The monoisotopic (exact) mass is 533 g/mol. The Bertz CT molecular complexity index is 1290. The van der Waals surface area contributed by atoms with E-state index < -0.39 is 15.8 Å². The molecule has 1 aliphatic rings. The van der Waals surface area contributed by atoms with E-state index in [1.165, 1.54) is 17.4 Å². The molecule has 3 aromatic rings. The molecule has 194 valence electrons. The van der Waals surface area contributed by atoms with Crippen LogP contribution in [0.5, 0.6) is 0 Å². The van der Waals surface area contributed by atoms with E-state index in [4.69, 9.17) is 9.72 Å². The van der Waals surface area contributed by atoms with Gasteiger partial charge in [0.1, 0.15) is 0 Å². The van der Waals surface area contributed by atoms with Gasteiger partial charge in [0.15, 0.2) is 5.82 Å². The quantitative estimate of drug-likeness (QED) is 0.353. The average Bonchev–Trinajstić information content (AvgIpc) is 3.30. The van der Waals surface area contributed by atoms with Gasteiger partial charge in [0.25, 0.3) is 0 Å². The maximum Gasteiger partial charge on any atom is 0.232 e. The number of halogens is 1. The number of rotatable bonds is 10. The summed E-state index contributed by atoms with van der Waals surface area (Å²) < 4.78 is 48.3. The fourth-order valence-corrected chi connectivity index (χ4v) is 6.31. The highest BCUT2D eigenvalue weighted by atomic mass is 32.2. The van der Waals surface area contributed by atoms with Gasteiger partial charge in [-0.25, -0.2) is 27.8 Å². The Morgan fingerprint density at radius 3 is 2.69 bits per heavy atom. The van der Waals surface area contributed by atoms with Crippen LogP contribution in [0.4, 0.5) is 16.0 Å². The van der Waals surface area contributed by atoms with Crippen molar-refractivity contribution in [2.75, 3.05) is 35.6 Å². The molecule has 0 aliphatic carbocycles. The van der Waals surface area contributed by atoms with Crippen LogP contribution in [0.3, 0.4) is 0 Å². The van der Waals surface area contributed by atoms with Gasteiger partial charge in [0.2, 0.25) is 16.0 Å². The first-order chi connectivity index (χ1) is 17.3. The molecule has 0 amide bonds. The molecular formula is C25H32FN5O3S2. The molecule has 11 heteroatoms. The smallest absolute Gasteiger partial charge is 0.232 e. The van der Waals surface area contributed by atoms with Crippen molar-refractivity contribution >= 4 is 33.0 Å². The van der Waals surface area contributed by atoms with E-state index in [2.05, 4.69) is 33.9 Å². The van der Waals surface area contributed by atoms with Crippen LogP contribution >= 0.6 is 11.3 Å². The molecule has 1 aliphatic heterocycles. The van der Waals surface area contributed by atoms with Gasteiger partial charge in [-0.1, -0.05) is 26.8 Å². The summed E-state index contributed by atoms with van der Waals surface area (Å²) in [5.41, 5.74) is 1.23. The van der Waals surface area contributed by atoms with Crippen molar-refractivity contribution < 1.29 is 17.5 Å². The van der Waals surface area contributed by atoms with E-state index in [0.29, 0.717) is 42.9 Å². The molecule has 0 spiro atoms. The average molecular weight is 534 g/mol. The number of hydrogen-bond donors (Lipinski definition) is 2. The van der Waals surface area contributed by atoms with Crippen molar-refractivity contribution in [3.63, 3.8) is 0 Å². The van der Waals surface area contributed by atoms with Gasteiger partial charge in [-0.3, -0.25) is 4.72 Å². The van der Waals surface area contributed by atoms with Gasteiger partial charge in [-0.15, -0.1) is 11.3 Å². The van der Waals surface area contributed by atoms with Crippen LogP contribution in [-0.2, 0) is 14.8 Å². The maximum atomic E-state index is 15.7. The molecule has 3 heterocycles. The Morgan fingerprint density at radius 2 is 1.97 bits per heavy atom. The number of aromatic nitrogens is 3. The van der Waals surface area contributed by atoms with Crippen LogP contribution in [-0.4, -0.2) is 48.9 Å². The maximum absolute atomic E-state index is 15.7. The summed E-state index contributed by atoms with van der Waals surface area (Å²) in [4.78, 5) is 14.6. The number of benzene rings is 1. The molecule has 0 unspecified atom stereocenters. The van der Waals surface area contributed by atoms with E-state index in [1.807, 2.05) is 0 Å². The minimum Gasteiger partial charge on any atom is -0.381 e. The lowest BCUT2D eigenvalue weighted by Gasteiger charge is -2.19. The molecule has 1 saturated heterocycles. The topological polar surface area (TPSA) is 106 Å². The molecule has 2 aromatic heterocycles. The molecule has 8 nitrogen and oxygen atoms in total. The van der Waals surface area contributed by atoms with Crippen LogP contribution in [0, 0.1) is 11.7 Å². The highest BCUT2D eigenvalue weighted by Gasteiger charge is 2.26. The number of nitrogens with one attached hydrogen (secondary N) is 2. The van der Waals surface area contributed by atoms with Crippen LogP contribution < -0.4 is 10.0 Å². The normalized spacial score (nSPS) is 14.8. The summed E-state index contributed by atoms with van der Waals surface area (Å²) in [5, 5.41) is 4.13. The van der Waals surface area contributed by atoms with Gasteiger partial charge in [0.05, 0.1) is 32.7 Å². The number of ether oxygens (including phenoxy) is 1. The van der Waals surface area contributed by atoms with Crippen LogP contribution in [0.2, 0.25) is 0 Å². The van der Waals surface area contributed by atoms with Crippen molar-refractivity contribution in [2.24, 2.45) is 5.92 Å². The van der Waals surface area contributed by atoms with E-state index in [9.17, 15) is 8.42 Å². The Labute approximate surface area is 215 Å². The minimum absolute atomic E-state index is 0.0837. The molecule has 0 saturated carbocycles. The van der Waals surface area contributed by atoms with Crippen molar-refractivity contribution in [1.82, 2.24) is 15.0 Å². The zero-order valence-corrected chi connectivity index (χ0v) is 22.4. The second-order valence-corrected chi connectivity index (χ2v) is 12.1. The van der Waals surface area contributed by atoms with Crippen LogP contribution in [0.25, 0.3) is 21.8 Å². The second kappa shape index (κ2) is 11.6. The SMILES string of the molecule is CCCS(=O)(=O)Nc1cccc(-c2nc(C3CCOCC3)sc2-c2ccnc(NCC(C)C)n2)c1F. The molecule has 4 rings (SSSR count). The highest BCUT2D eigenvalue weighted by Crippen LogP contribution is 2.42. The molecule has 0 radical (unpaired) electrons. The van der Waals surface area contributed by atoms with Crippen molar-refractivity contribution in [1.29, 1.82) is 0 Å². The lowest BCUT2D eigenvalue weighted by Crippen LogP contribution is -2.17. The molecular weight excluding hydrogens is 501 g/mol. The lowest BCUT2D eigenvalue weighted by atomic mass is 10.0. The van der Waals surface area contributed by atoms with E-state index >= 15 is 4.39 Å². The fraction of sp³-hybridized carbons (Fsp3) is 0.480. The summed E-state index contributed by atoms with van der Waals surface area (Å²) in [6.45, 7) is 8.01. The molecule has 1 fully saturated rings. The third-order valence-corrected chi connectivity index (χ3v) is 8.48. The third kappa shape index (κ3) is 6.37. The summed E-state index contributed by atoms with van der Waals surface area (Å²) in [7, 11) is -3.65. The number of thiazole rings is 1. The van der Waals surface area contributed by atoms with Gasteiger partial charge >= 0.3 is 0 Å². The Kier molecular flexibility index (Phi) is 8.53. The van der Waals surface area contributed by atoms with E-state index in [0.717, 1.165) is 29.3 Å². The number of anilines is 2. The Balaban J connectivity index is 1.78. The minimum atomic E-state index is -3.65. The highest BCUT2D eigenvalue weighted by molar-refractivity contribution is 7.92. The molecule has 36 heavy (non-hydrogen) atoms. The molecule has 1 aromatic carbocycles. The molecule has 2 N–H and O–H groups in total. The van der Waals surface area contributed by atoms with E-state index in [-0.39, 0.29) is 22.9 Å². The predicted octanol–water partition coefficient (Wildman–Crippen LogP) is 5.52. The number of nitrogens with zero attached hydrogens (tertiary/aromatic N) is 3. The first-order valence-corrected chi connectivity index (χ1v) is 14.7. The standard InChI is InChI=1S/C25H32FN5O3S2/c1-4-14-36(32,33)31-19-7-5-6-18(21(19)26)22-23(35-24(30-22)17-9-12-34-13-10-17)20-8-11-27-25(29-20)28-15-16(2)3/h5-8,11,16-17,31H,4,9-10,12-15H2,1-3H3,(H,27,28,29). The Morgan fingerprint density at radius 1 is 1.19 bits per heavy atom. The molecule has 0 bridgehead atoms. The lowest BCUT2D eigenvalue weighted by molar-refractivity contribution is 0.0853. The number of hydrogen-bond acceptors (Lipinski definition) is 8. The Hall–Kier alpha value is -2.63. The third-order valence-electron chi connectivity index (χ3n) is 5.76. The van der Waals surface area contributed by atoms with Crippen LogP contribution in [0.1, 0.15) is 51.0 Å². The van der Waals surface area contributed by atoms with Crippen LogP contribution in [0.15, 0.2) is 30.5 Å². The van der Waals surface area contributed by atoms with Crippen molar-refractivity contribution in [2.45, 2.75) is 46.0 Å². The second-order valence-electron chi connectivity index (χ2n) is 9.24. The first kappa shape index (κ1) is 26.4. The van der Waals surface area contributed by atoms with Crippen molar-refractivity contribution in [3.05, 3.63) is 41.3 Å². The zero-order valence-electron chi connectivity index (χ0n) is 20.8. The van der Waals surface area contributed by atoms with Gasteiger partial charge < -0.3 is 10.1 Å². The van der Waals surface area contributed by atoms with Crippen molar-refractivity contribution in [3.8, 4) is 21.8 Å². The number of sulfonamides is 1. The summed E-state index contributed by atoms with van der Waals surface area (Å²) in [6, 6.07) is 6.47. The summed E-state index contributed by atoms with van der Waals surface area (Å²) >= 11 is 1.49. The zero-order chi connectivity index (χ0) is 25.7. The van der Waals surface area contributed by atoms with Gasteiger partial charge in [-0.05, 0) is 43.4 Å². The fourth-order valence-electron chi connectivity index (χ4n) is 3.96. The van der Waals surface area contributed by atoms with Gasteiger partial charge in [-0.2, -0.15) is 0 Å². The summed E-state index contributed by atoms with van der Waals surface area (Å²) in [5.74, 6) is 0.388. The summed E-state index contributed by atoms with van der Waals surface area (Å²) in [6.07, 6.45) is 3.80. The van der Waals surface area contributed by atoms with E-state index in [1.54, 1.807) is 31.3 Å². The largest absolute Gasteiger partial charge is 0.381 e. The first-order valence-electron chi connectivity index (χ1n) is 12.2.